The van der Waals surface area contributed by atoms with E-state index in [1.54, 1.807) is 26.0 Å². The number of piperazine rings is 1. The van der Waals surface area contributed by atoms with Crippen LogP contribution >= 0.6 is 0 Å². The number of ether oxygens (including phenoxy) is 2. The van der Waals surface area contributed by atoms with E-state index in [4.69, 9.17) is 9.47 Å². The second kappa shape index (κ2) is 9.52. The number of aromatic amines is 1. The second-order valence-electron chi connectivity index (χ2n) is 8.82. The molecule has 2 aromatic rings. The molecule has 0 saturated carbocycles. The maximum absolute atomic E-state index is 13.2. The van der Waals surface area contributed by atoms with Crippen molar-refractivity contribution in [1.29, 1.82) is 0 Å². The van der Waals surface area contributed by atoms with E-state index < -0.39 is 16.1 Å². The van der Waals surface area contributed by atoms with Crippen LogP contribution in [0.5, 0.6) is 11.5 Å². The molecular formula is C24H31N3O6S. The first-order valence-electron chi connectivity index (χ1n) is 11.5. The standard InChI is InChI=1S/C24H31N3O6S/c1-15-22(18(4)28)16(2)25-23(15)24(29)17(3)26-8-10-27(11-9-26)34(30,31)19-6-7-20-21(14-19)33-13-5-12-32-20/h6-7,14,17,25H,5,8-13H2,1-4H3/t17-/m1/s1. The first kappa shape index (κ1) is 24.4. The van der Waals surface area contributed by atoms with Crippen LogP contribution in [-0.2, 0) is 10.0 Å². The number of Topliss-reactive ketones (excluding diaryl/α,β-unsaturated/α-hetero) is 2. The van der Waals surface area contributed by atoms with E-state index >= 15 is 0 Å². The second-order valence-corrected chi connectivity index (χ2v) is 10.8. The molecule has 10 heteroatoms. The zero-order valence-electron chi connectivity index (χ0n) is 20.0. The van der Waals surface area contributed by atoms with Crippen LogP contribution in [0.1, 0.15) is 52.4 Å². The molecule has 2 aliphatic heterocycles. The number of aromatic nitrogens is 1. The Kier molecular flexibility index (Phi) is 6.84. The maximum Gasteiger partial charge on any atom is 0.243 e. The zero-order valence-corrected chi connectivity index (χ0v) is 20.8. The average molecular weight is 490 g/mol. The number of ketones is 2. The highest BCUT2D eigenvalue weighted by Crippen LogP contribution is 2.33. The number of carbonyl (C=O) groups excluding carboxylic acids is 2. The summed E-state index contributed by atoms with van der Waals surface area (Å²) in [7, 11) is -3.70. The van der Waals surface area contributed by atoms with Gasteiger partial charge in [0.15, 0.2) is 23.1 Å². The van der Waals surface area contributed by atoms with Gasteiger partial charge in [0.1, 0.15) is 0 Å². The molecule has 1 N–H and O–H groups in total. The predicted molar refractivity (Wildman–Crippen MR) is 126 cm³/mol. The number of H-pyrrole nitrogens is 1. The van der Waals surface area contributed by atoms with Gasteiger partial charge in [0.25, 0.3) is 0 Å². The minimum absolute atomic E-state index is 0.0773. The molecule has 2 aliphatic rings. The molecule has 34 heavy (non-hydrogen) atoms. The lowest BCUT2D eigenvalue weighted by Gasteiger charge is -2.36. The molecule has 0 bridgehead atoms. The number of rotatable bonds is 6. The molecule has 1 aromatic heterocycles. The first-order valence-corrected chi connectivity index (χ1v) is 12.9. The molecule has 184 valence electrons. The Morgan fingerprint density at radius 2 is 1.68 bits per heavy atom. The number of nitrogens with zero attached hydrogens (tertiary/aromatic N) is 2. The van der Waals surface area contributed by atoms with E-state index in [9.17, 15) is 18.0 Å². The SMILES string of the molecule is CC(=O)c1c(C)[nH]c(C(=O)[C@@H](C)N2CCN(S(=O)(=O)c3ccc4c(c3)OCCCO4)CC2)c1C. The van der Waals surface area contributed by atoms with E-state index in [2.05, 4.69) is 4.98 Å². The highest BCUT2D eigenvalue weighted by molar-refractivity contribution is 7.89. The van der Waals surface area contributed by atoms with Crippen LogP contribution in [-0.4, -0.2) is 79.6 Å². The molecule has 0 radical (unpaired) electrons. The van der Waals surface area contributed by atoms with E-state index in [0.717, 1.165) is 6.42 Å². The number of hydrogen-bond donors (Lipinski definition) is 1. The minimum Gasteiger partial charge on any atom is -0.490 e. The van der Waals surface area contributed by atoms with Gasteiger partial charge in [-0.1, -0.05) is 0 Å². The predicted octanol–water partition coefficient (Wildman–Crippen LogP) is 2.57. The molecule has 0 unspecified atom stereocenters. The summed E-state index contributed by atoms with van der Waals surface area (Å²) in [5, 5.41) is 0. The number of nitrogens with one attached hydrogen (secondary N) is 1. The van der Waals surface area contributed by atoms with Crippen molar-refractivity contribution in [2.45, 2.75) is 45.1 Å². The van der Waals surface area contributed by atoms with E-state index in [0.29, 0.717) is 60.3 Å². The molecule has 0 amide bonds. The molecule has 3 heterocycles. The molecule has 9 nitrogen and oxygen atoms in total. The zero-order chi connectivity index (χ0) is 24.6. The van der Waals surface area contributed by atoms with E-state index in [-0.39, 0.29) is 29.6 Å². The number of benzene rings is 1. The summed E-state index contributed by atoms with van der Waals surface area (Å²) in [6, 6.07) is 4.27. The van der Waals surface area contributed by atoms with E-state index in [1.165, 1.54) is 17.3 Å². The van der Waals surface area contributed by atoms with Crippen LogP contribution < -0.4 is 9.47 Å². The van der Waals surface area contributed by atoms with E-state index in [1.807, 2.05) is 11.8 Å². The molecule has 1 saturated heterocycles. The fourth-order valence-electron chi connectivity index (χ4n) is 4.68. The van der Waals surface area contributed by atoms with Crippen LogP contribution in [0.4, 0.5) is 0 Å². The molecule has 0 aliphatic carbocycles. The summed E-state index contributed by atoms with van der Waals surface area (Å²) in [5.74, 6) is 0.813. The summed E-state index contributed by atoms with van der Waals surface area (Å²) in [5.41, 5.74) is 2.35. The van der Waals surface area contributed by atoms with Gasteiger partial charge in [0, 0.05) is 49.9 Å². The lowest BCUT2D eigenvalue weighted by atomic mass is 10.0. The smallest absolute Gasteiger partial charge is 0.243 e. The van der Waals surface area contributed by atoms with Crippen molar-refractivity contribution in [2.75, 3.05) is 39.4 Å². The van der Waals surface area contributed by atoms with Crippen molar-refractivity contribution in [2.24, 2.45) is 0 Å². The number of fused-ring (bicyclic) bond motifs is 1. The Bertz CT molecular complexity index is 1210. The Hall–Kier alpha value is -2.69. The van der Waals surface area contributed by atoms with Crippen molar-refractivity contribution in [3.8, 4) is 11.5 Å². The average Bonchev–Trinajstić information content (AvgIpc) is 2.97. The van der Waals surface area contributed by atoms with Gasteiger partial charge in [0.05, 0.1) is 29.8 Å². The number of hydrogen-bond acceptors (Lipinski definition) is 7. The minimum atomic E-state index is -3.70. The highest BCUT2D eigenvalue weighted by atomic mass is 32.2. The Balaban J connectivity index is 1.45. The van der Waals surface area contributed by atoms with Gasteiger partial charge in [-0.2, -0.15) is 4.31 Å². The Labute approximate surface area is 200 Å². The van der Waals surface area contributed by atoms with Crippen molar-refractivity contribution in [1.82, 2.24) is 14.2 Å². The third-order valence-electron chi connectivity index (χ3n) is 6.59. The van der Waals surface area contributed by atoms with Gasteiger partial charge < -0.3 is 14.5 Å². The van der Waals surface area contributed by atoms with Crippen molar-refractivity contribution < 1.29 is 27.5 Å². The van der Waals surface area contributed by atoms with Gasteiger partial charge in [-0.25, -0.2) is 8.42 Å². The molecule has 0 spiro atoms. The highest BCUT2D eigenvalue weighted by Gasteiger charge is 2.34. The molecule has 1 aromatic carbocycles. The largest absolute Gasteiger partial charge is 0.490 e. The number of carbonyl (C=O) groups is 2. The molecular weight excluding hydrogens is 458 g/mol. The Morgan fingerprint density at radius 1 is 1.03 bits per heavy atom. The first-order chi connectivity index (χ1) is 16.1. The topological polar surface area (TPSA) is 109 Å². The third kappa shape index (κ3) is 4.49. The van der Waals surface area contributed by atoms with Gasteiger partial charge in [0.2, 0.25) is 10.0 Å². The fourth-order valence-corrected chi connectivity index (χ4v) is 6.12. The molecule has 1 fully saturated rings. The summed E-state index contributed by atoms with van der Waals surface area (Å²) >= 11 is 0. The van der Waals surface area contributed by atoms with Gasteiger partial charge >= 0.3 is 0 Å². The van der Waals surface area contributed by atoms with Crippen LogP contribution in [0.15, 0.2) is 23.1 Å². The monoisotopic (exact) mass is 489 g/mol. The van der Waals surface area contributed by atoms with Gasteiger partial charge in [-0.3, -0.25) is 14.5 Å². The van der Waals surface area contributed by atoms with Crippen LogP contribution in [0, 0.1) is 13.8 Å². The molecule has 1 atom stereocenters. The van der Waals surface area contributed by atoms with Crippen LogP contribution in [0.25, 0.3) is 0 Å². The summed E-state index contributed by atoms with van der Waals surface area (Å²) < 4.78 is 39.2. The van der Waals surface area contributed by atoms with Crippen molar-refractivity contribution >= 4 is 21.6 Å². The third-order valence-corrected chi connectivity index (χ3v) is 8.49. The van der Waals surface area contributed by atoms with Crippen molar-refractivity contribution in [3.05, 3.63) is 40.7 Å². The van der Waals surface area contributed by atoms with Crippen LogP contribution in [0.3, 0.4) is 0 Å². The normalized spacial score (nSPS) is 18.4. The number of sulfonamides is 1. The molecule has 4 rings (SSSR count). The Morgan fingerprint density at radius 3 is 2.29 bits per heavy atom. The fraction of sp³-hybridized carbons (Fsp3) is 0.500. The van der Waals surface area contributed by atoms with Crippen molar-refractivity contribution in [3.63, 3.8) is 0 Å². The lowest BCUT2D eigenvalue weighted by Crippen LogP contribution is -2.53. The van der Waals surface area contributed by atoms with Crippen LogP contribution in [0.2, 0.25) is 0 Å². The summed E-state index contributed by atoms with van der Waals surface area (Å²) in [6.45, 7) is 9.29. The summed E-state index contributed by atoms with van der Waals surface area (Å²) in [4.78, 5) is 30.3. The van der Waals surface area contributed by atoms with Gasteiger partial charge in [-0.15, -0.1) is 0 Å². The quantitative estimate of drug-likeness (QED) is 0.621. The number of aryl methyl sites for hydroxylation is 1. The van der Waals surface area contributed by atoms with Gasteiger partial charge in [-0.05, 0) is 45.4 Å². The maximum atomic E-state index is 13.2. The summed E-state index contributed by atoms with van der Waals surface area (Å²) in [6.07, 6.45) is 0.743. The lowest BCUT2D eigenvalue weighted by molar-refractivity contribution is 0.0777.